The normalized spacial score (nSPS) is 12.6. The number of benzene rings is 1. The molecule has 0 aliphatic rings. The predicted molar refractivity (Wildman–Crippen MR) is 115 cm³/mol. The molecular formula is C20H21N5OS2. The first kappa shape index (κ1) is 18.9. The Balaban J connectivity index is 1.71. The zero-order valence-electron chi connectivity index (χ0n) is 16.2. The summed E-state index contributed by atoms with van der Waals surface area (Å²) in [4.78, 5) is 17.1. The van der Waals surface area contributed by atoms with Crippen LogP contribution in [0.5, 0.6) is 0 Å². The fraction of sp³-hybridized carbons (Fsp3) is 0.300. The highest BCUT2D eigenvalue weighted by atomic mass is 32.2. The Hall–Kier alpha value is -2.45. The van der Waals surface area contributed by atoms with Crippen LogP contribution in [0.25, 0.3) is 16.6 Å². The van der Waals surface area contributed by atoms with Crippen molar-refractivity contribution < 1.29 is 4.79 Å². The number of carbonyl (C=O) groups excluding carboxylic acids is 1. The van der Waals surface area contributed by atoms with Crippen molar-refractivity contribution in [2.75, 3.05) is 5.32 Å². The van der Waals surface area contributed by atoms with Crippen molar-refractivity contribution in [2.45, 2.75) is 44.5 Å². The number of para-hydroxylation sites is 1. The van der Waals surface area contributed by atoms with Gasteiger partial charge in [-0.1, -0.05) is 36.9 Å². The molecule has 3 aromatic heterocycles. The Morgan fingerprint density at radius 1 is 1.25 bits per heavy atom. The summed E-state index contributed by atoms with van der Waals surface area (Å²) in [5.74, 6) is -0.0632. The highest BCUT2D eigenvalue weighted by Crippen LogP contribution is 2.31. The Labute approximate surface area is 171 Å². The van der Waals surface area contributed by atoms with E-state index in [9.17, 15) is 4.79 Å². The second-order valence-electron chi connectivity index (χ2n) is 6.77. The van der Waals surface area contributed by atoms with E-state index in [2.05, 4.69) is 56.9 Å². The molecule has 0 aliphatic heterocycles. The Bertz CT molecular complexity index is 1180. The molecule has 1 atom stereocenters. The fourth-order valence-corrected chi connectivity index (χ4v) is 4.91. The SMILES string of the molecule is CCC(Sc1nnc2cc(C)c3cccc(C)c3n12)C(=O)Nc1nc(C)cs1. The number of hydrogen-bond donors (Lipinski definition) is 1. The molecule has 4 aromatic rings. The number of aryl methyl sites for hydroxylation is 3. The van der Waals surface area contributed by atoms with E-state index in [-0.39, 0.29) is 11.2 Å². The lowest BCUT2D eigenvalue weighted by Gasteiger charge is -2.14. The summed E-state index contributed by atoms with van der Waals surface area (Å²) in [6.07, 6.45) is 0.679. The molecule has 0 saturated heterocycles. The lowest BCUT2D eigenvalue weighted by Crippen LogP contribution is -2.24. The van der Waals surface area contributed by atoms with E-state index in [0.717, 1.165) is 27.6 Å². The fourth-order valence-electron chi connectivity index (χ4n) is 3.25. The van der Waals surface area contributed by atoms with Crippen molar-refractivity contribution in [3.05, 3.63) is 46.5 Å². The van der Waals surface area contributed by atoms with Crippen LogP contribution in [-0.4, -0.2) is 30.7 Å². The zero-order valence-corrected chi connectivity index (χ0v) is 17.8. The first-order chi connectivity index (χ1) is 13.5. The van der Waals surface area contributed by atoms with E-state index >= 15 is 0 Å². The van der Waals surface area contributed by atoms with Crippen LogP contribution in [0, 0.1) is 20.8 Å². The molecule has 0 bridgehead atoms. The summed E-state index contributed by atoms with van der Waals surface area (Å²) in [7, 11) is 0. The van der Waals surface area contributed by atoms with Gasteiger partial charge in [0.25, 0.3) is 0 Å². The van der Waals surface area contributed by atoms with Crippen molar-refractivity contribution in [1.29, 1.82) is 0 Å². The Morgan fingerprint density at radius 2 is 2.07 bits per heavy atom. The van der Waals surface area contributed by atoms with Crippen LogP contribution in [0.4, 0.5) is 5.13 Å². The monoisotopic (exact) mass is 411 g/mol. The van der Waals surface area contributed by atoms with Crippen LogP contribution in [0.3, 0.4) is 0 Å². The molecule has 1 amide bonds. The molecule has 144 valence electrons. The Morgan fingerprint density at radius 3 is 2.79 bits per heavy atom. The number of thiazole rings is 1. The molecule has 0 spiro atoms. The molecule has 4 rings (SSSR count). The maximum atomic E-state index is 12.8. The predicted octanol–water partition coefficient (Wildman–Crippen LogP) is 4.77. The van der Waals surface area contributed by atoms with Crippen molar-refractivity contribution in [3.8, 4) is 0 Å². The third kappa shape index (κ3) is 3.38. The molecule has 0 aliphatic carbocycles. The van der Waals surface area contributed by atoms with Gasteiger partial charge in [0, 0.05) is 10.8 Å². The molecule has 3 heterocycles. The lowest BCUT2D eigenvalue weighted by molar-refractivity contribution is -0.115. The van der Waals surface area contributed by atoms with Crippen LogP contribution in [0.15, 0.2) is 34.8 Å². The number of thioether (sulfide) groups is 1. The third-order valence-corrected chi connectivity index (χ3v) is 6.83. The minimum Gasteiger partial charge on any atom is -0.301 e. The molecular weight excluding hydrogens is 390 g/mol. The molecule has 8 heteroatoms. The summed E-state index contributed by atoms with van der Waals surface area (Å²) in [5.41, 5.74) is 5.12. The molecule has 0 fully saturated rings. The molecule has 0 saturated carbocycles. The van der Waals surface area contributed by atoms with Crippen molar-refractivity contribution in [1.82, 2.24) is 19.6 Å². The van der Waals surface area contributed by atoms with E-state index in [4.69, 9.17) is 0 Å². The molecule has 28 heavy (non-hydrogen) atoms. The van der Waals surface area contributed by atoms with Crippen LogP contribution in [-0.2, 0) is 4.79 Å². The molecule has 0 radical (unpaired) electrons. The molecule has 1 unspecified atom stereocenters. The van der Waals surface area contributed by atoms with Gasteiger partial charge >= 0.3 is 0 Å². The number of nitrogens with one attached hydrogen (secondary N) is 1. The average Bonchev–Trinajstić information content (AvgIpc) is 3.25. The minimum atomic E-state index is -0.281. The molecule has 1 aromatic carbocycles. The summed E-state index contributed by atoms with van der Waals surface area (Å²) in [5, 5.41) is 15.8. The molecule has 1 N–H and O–H groups in total. The average molecular weight is 412 g/mol. The highest BCUT2D eigenvalue weighted by Gasteiger charge is 2.23. The number of nitrogens with zero attached hydrogens (tertiary/aromatic N) is 4. The number of amides is 1. The van der Waals surface area contributed by atoms with E-state index in [1.807, 2.05) is 25.3 Å². The van der Waals surface area contributed by atoms with E-state index in [1.54, 1.807) is 0 Å². The molecule has 6 nitrogen and oxygen atoms in total. The van der Waals surface area contributed by atoms with Gasteiger partial charge in [-0.3, -0.25) is 9.20 Å². The van der Waals surface area contributed by atoms with Gasteiger partial charge in [0.15, 0.2) is 15.9 Å². The van der Waals surface area contributed by atoms with Gasteiger partial charge in [-0.15, -0.1) is 21.5 Å². The summed E-state index contributed by atoms with van der Waals surface area (Å²) in [6, 6.07) is 8.30. The second kappa shape index (κ2) is 7.52. The van der Waals surface area contributed by atoms with Gasteiger partial charge in [-0.05, 0) is 44.4 Å². The first-order valence-electron chi connectivity index (χ1n) is 9.11. The van der Waals surface area contributed by atoms with Crippen LogP contribution >= 0.6 is 23.1 Å². The van der Waals surface area contributed by atoms with Gasteiger partial charge in [0.2, 0.25) is 5.91 Å². The van der Waals surface area contributed by atoms with Gasteiger partial charge in [-0.2, -0.15) is 0 Å². The quantitative estimate of drug-likeness (QED) is 0.479. The maximum absolute atomic E-state index is 12.8. The highest BCUT2D eigenvalue weighted by molar-refractivity contribution is 8.00. The van der Waals surface area contributed by atoms with Crippen molar-refractivity contribution >= 4 is 50.7 Å². The second-order valence-corrected chi connectivity index (χ2v) is 8.80. The summed E-state index contributed by atoms with van der Waals surface area (Å²) >= 11 is 2.88. The summed E-state index contributed by atoms with van der Waals surface area (Å²) < 4.78 is 2.06. The zero-order chi connectivity index (χ0) is 19.8. The third-order valence-electron chi connectivity index (χ3n) is 4.65. The van der Waals surface area contributed by atoms with Crippen LogP contribution < -0.4 is 5.32 Å². The smallest absolute Gasteiger partial charge is 0.239 e. The summed E-state index contributed by atoms with van der Waals surface area (Å²) in [6.45, 7) is 8.09. The van der Waals surface area contributed by atoms with Crippen LogP contribution in [0.1, 0.15) is 30.2 Å². The minimum absolute atomic E-state index is 0.0632. The Kier molecular flexibility index (Phi) is 5.07. The largest absolute Gasteiger partial charge is 0.301 e. The van der Waals surface area contributed by atoms with E-state index in [0.29, 0.717) is 11.6 Å². The number of hydrogen-bond acceptors (Lipinski definition) is 6. The van der Waals surface area contributed by atoms with Crippen molar-refractivity contribution in [2.24, 2.45) is 0 Å². The van der Waals surface area contributed by atoms with Gasteiger partial charge < -0.3 is 5.32 Å². The van der Waals surface area contributed by atoms with E-state index < -0.39 is 0 Å². The van der Waals surface area contributed by atoms with Crippen molar-refractivity contribution in [3.63, 3.8) is 0 Å². The maximum Gasteiger partial charge on any atom is 0.239 e. The van der Waals surface area contributed by atoms with Gasteiger partial charge in [-0.25, -0.2) is 4.98 Å². The number of aromatic nitrogens is 4. The number of carbonyl (C=O) groups is 1. The number of fused-ring (bicyclic) bond motifs is 3. The van der Waals surface area contributed by atoms with Crippen LogP contribution in [0.2, 0.25) is 0 Å². The lowest BCUT2D eigenvalue weighted by atomic mass is 10.1. The first-order valence-corrected chi connectivity index (χ1v) is 10.9. The topological polar surface area (TPSA) is 72.2 Å². The number of rotatable bonds is 5. The van der Waals surface area contributed by atoms with E-state index in [1.165, 1.54) is 34.0 Å². The van der Waals surface area contributed by atoms with Gasteiger partial charge in [0.1, 0.15) is 0 Å². The van der Waals surface area contributed by atoms with Gasteiger partial charge in [0.05, 0.1) is 16.5 Å². The number of pyridine rings is 1. The number of anilines is 1. The standard InChI is InChI=1S/C20H21N5OS2/c1-5-15(18(26)22-19-21-13(4)10-27-19)28-20-24-23-16-9-12(3)14-8-6-7-11(2)17(14)25(16)20/h6-10,15H,5H2,1-4H3,(H,21,22,26).